The molecule has 2 rings (SSSR count). The first-order valence-corrected chi connectivity index (χ1v) is 10.7. The highest BCUT2D eigenvalue weighted by atomic mass is 32.2. The summed E-state index contributed by atoms with van der Waals surface area (Å²) >= 11 is 0. The van der Waals surface area contributed by atoms with Crippen LogP contribution in [0.25, 0.3) is 0 Å². The van der Waals surface area contributed by atoms with Crippen LogP contribution in [-0.2, 0) is 21.3 Å². The molecular formula is C18H29FN4O3S. The standard InChI is InChI=1S/C18H29FN4O3S/c1-15(2)26-12-13-27(24,25)23-10-8-22(9-11-23)18(20-3)21-14-16-4-6-17(19)7-5-16/h4-7,15H,8-14H2,1-3H3,(H,20,21). The molecule has 1 N–H and O–H groups in total. The molecule has 0 amide bonds. The molecule has 9 heteroatoms. The number of hydrogen-bond acceptors (Lipinski definition) is 4. The second-order valence-electron chi connectivity index (χ2n) is 6.65. The summed E-state index contributed by atoms with van der Waals surface area (Å²) in [6.45, 7) is 6.47. The predicted octanol–water partition coefficient (Wildman–Crippen LogP) is 1.27. The molecule has 0 radical (unpaired) electrons. The number of ether oxygens (including phenoxy) is 1. The molecule has 0 atom stereocenters. The Morgan fingerprint density at radius 3 is 2.41 bits per heavy atom. The maximum atomic E-state index is 13.0. The minimum atomic E-state index is -3.31. The van der Waals surface area contributed by atoms with Gasteiger partial charge in [0.25, 0.3) is 0 Å². The first-order valence-electron chi connectivity index (χ1n) is 9.11. The van der Waals surface area contributed by atoms with Crippen LogP contribution < -0.4 is 5.32 Å². The highest BCUT2D eigenvalue weighted by Crippen LogP contribution is 2.09. The molecule has 27 heavy (non-hydrogen) atoms. The molecule has 1 aliphatic heterocycles. The number of benzene rings is 1. The number of sulfonamides is 1. The third kappa shape index (κ3) is 6.75. The van der Waals surface area contributed by atoms with Crippen LogP contribution in [0.5, 0.6) is 0 Å². The average Bonchev–Trinajstić information content (AvgIpc) is 2.63. The second-order valence-corrected chi connectivity index (χ2v) is 8.74. The summed E-state index contributed by atoms with van der Waals surface area (Å²) in [5, 5.41) is 3.24. The fourth-order valence-electron chi connectivity index (χ4n) is 2.81. The minimum absolute atomic E-state index is 0.00270. The summed E-state index contributed by atoms with van der Waals surface area (Å²) in [5.41, 5.74) is 0.948. The van der Waals surface area contributed by atoms with E-state index < -0.39 is 10.0 Å². The molecule has 0 bridgehead atoms. The number of guanidine groups is 1. The maximum Gasteiger partial charge on any atom is 0.216 e. The smallest absolute Gasteiger partial charge is 0.216 e. The molecule has 1 aromatic rings. The molecule has 0 aliphatic carbocycles. The highest BCUT2D eigenvalue weighted by Gasteiger charge is 2.27. The van der Waals surface area contributed by atoms with Crippen molar-refractivity contribution in [2.75, 3.05) is 45.6 Å². The van der Waals surface area contributed by atoms with Crippen LogP contribution in [-0.4, -0.2) is 75.3 Å². The van der Waals surface area contributed by atoms with Gasteiger partial charge in [0.15, 0.2) is 5.96 Å². The number of aliphatic imine (C=N–C) groups is 1. The van der Waals surface area contributed by atoms with Crippen LogP contribution in [0.15, 0.2) is 29.3 Å². The van der Waals surface area contributed by atoms with Crippen LogP contribution in [0.2, 0.25) is 0 Å². The summed E-state index contributed by atoms with van der Waals surface area (Å²) < 4.78 is 44.7. The Morgan fingerprint density at radius 1 is 1.22 bits per heavy atom. The van der Waals surface area contributed by atoms with Crippen molar-refractivity contribution in [2.45, 2.75) is 26.5 Å². The monoisotopic (exact) mass is 400 g/mol. The zero-order valence-corrected chi connectivity index (χ0v) is 17.0. The van der Waals surface area contributed by atoms with E-state index in [1.54, 1.807) is 19.2 Å². The van der Waals surface area contributed by atoms with E-state index >= 15 is 0 Å². The Morgan fingerprint density at radius 2 is 1.85 bits per heavy atom. The van der Waals surface area contributed by atoms with Gasteiger partial charge in [-0.2, -0.15) is 4.31 Å². The molecule has 152 valence electrons. The van der Waals surface area contributed by atoms with Crippen molar-refractivity contribution in [3.05, 3.63) is 35.6 Å². The fourth-order valence-corrected chi connectivity index (χ4v) is 4.10. The van der Waals surface area contributed by atoms with Gasteiger partial charge < -0.3 is 15.0 Å². The first kappa shape index (κ1) is 21.6. The van der Waals surface area contributed by atoms with Gasteiger partial charge in [-0.15, -0.1) is 0 Å². The molecule has 1 fully saturated rings. The first-order chi connectivity index (χ1) is 12.8. The maximum absolute atomic E-state index is 13.0. The fraction of sp³-hybridized carbons (Fsp3) is 0.611. The van der Waals surface area contributed by atoms with E-state index in [4.69, 9.17) is 4.74 Å². The van der Waals surface area contributed by atoms with Gasteiger partial charge in [-0.1, -0.05) is 12.1 Å². The Labute approximate surface area is 161 Å². The molecule has 0 unspecified atom stereocenters. The number of piperazine rings is 1. The summed E-state index contributed by atoms with van der Waals surface area (Å²) in [4.78, 5) is 6.30. The van der Waals surface area contributed by atoms with E-state index in [-0.39, 0.29) is 24.3 Å². The molecule has 0 aromatic heterocycles. The Kier molecular flexibility index (Phi) is 8.00. The molecule has 0 spiro atoms. The summed E-state index contributed by atoms with van der Waals surface area (Å²) in [5.74, 6) is 0.446. The van der Waals surface area contributed by atoms with Crippen molar-refractivity contribution in [1.29, 1.82) is 0 Å². The molecule has 0 saturated carbocycles. The van der Waals surface area contributed by atoms with Gasteiger partial charge in [0.2, 0.25) is 10.0 Å². The Hall–Kier alpha value is -1.71. The lowest BCUT2D eigenvalue weighted by Crippen LogP contribution is -2.54. The third-order valence-corrected chi connectivity index (χ3v) is 6.13. The van der Waals surface area contributed by atoms with E-state index in [2.05, 4.69) is 10.3 Å². The zero-order valence-electron chi connectivity index (χ0n) is 16.2. The zero-order chi connectivity index (χ0) is 19.9. The molecule has 7 nitrogen and oxygen atoms in total. The summed E-state index contributed by atoms with van der Waals surface area (Å²) in [6.07, 6.45) is 0.0209. The second kappa shape index (κ2) is 10.0. The number of halogens is 1. The molecular weight excluding hydrogens is 371 g/mol. The molecule has 1 aliphatic rings. The van der Waals surface area contributed by atoms with Crippen LogP contribution in [0.3, 0.4) is 0 Å². The van der Waals surface area contributed by atoms with Crippen molar-refractivity contribution in [3.8, 4) is 0 Å². The lowest BCUT2D eigenvalue weighted by molar-refractivity contribution is 0.0904. The molecule has 1 heterocycles. The number of rotatable bonds is 7. The Bertz CT molecular complexity index is 715. The van der Waals surface area contributed by atoms with E-state index in [1.165, 1.54) is 16.4 Å². The third-order valence-electron chi connectivity index (χ3n) is 4.30. The van der Waals surface area contributed by atoms with Crippen LogP contribution in [0, 0.1) is 5.82 Å². The van der Waals surface area contributed by atoms with Crippen molar-refractivity contribution in [2.24, 2.45) is 4.99 Å². The SMILES string of the molecule is CN=C(NCc1ccc(F)cc1)N1CCN(S(=O)(=O)CCOC(C)C)CC1. The van der Waals surface area contributed by atoms with Gasteiger partial charge >= 0.3 is 0 Å². The van der Waals surface area contributed by atoms with Gasteiger partial charge in [-0.3, -0.25) is 4.99 Å². The normalized spacial score (nSPS) is 16.8. The average molecular weight is 401 g/mol. The molecule has 1 aromatic carbocycles. The summed E-state index contributed by atoms with van der Waals surface area (Å²) in [6, 6.07) is 6.29. The van der Waals surface area contributed by atoms with Crippen molar-refractivity contribution in [3.63, 3.8) is 0 Å². The highest BCUT2D eigenvalue weighted by molar-refractivity contribution is 7.89. The quantitative estimate of drug-likeness (QED) is 0.551. The summed E-state index contributed by atoms with van der Waals surface area (Å²) in [7, 11) is -1.61. The van der Waals surface area contributed by atoms with Gasteiger partial charge in [-0.05, 0) is 31.5 Å². The number of nitrogens with one attached hydrogen (secondary N) is 1. The van der Waals surface area contributed by atoms with E-state index in [0.29, 0.717) is 38.7 Å². The van der Waals surface area contributed by atoms with Crippen LogP contribution >= 0.6 is 0 Å². The van der Waals surface area contributed by atoms with E-state index in [1.807, 2.05) is 18.7 Å². The topological polar surface area (TPSA) is 74.2 Å². The van der Waals surface area contributed by atoms with Crippen molar-refractivity contribution >= 4 is 16.0 Å². The van der Waals surface area contributed by atoms with Gasteiger partial charge in [0.1, 0.15) is 5.82 Å². The largest absolute Gasteiger partial charge is 0.378 e. The minimum Gasteiger partial charge on any atom is -0.378 e. The predicted molar refractivity (Wildman–Crippen MR) is 105 cm³/mol. The Balaban J connectivity index is 1.83. The van der Waals surface area contributed by atoms with Crippen LogP contribution in [0.1, 0.15) is 19.4 Å². The van der Waals surface area contributed by atoms with E-state index in [0.717, 1.165) is 5.56 Å². The van der Waals surface area contributed by atoms with Gasteiger partial charge in [-0.25, -0.2) is 12.8 Å². The van der Waals surface area contributed by atoms with Crippen molar-refractivity contribution < 1.29 is 17.5 Å². The van der Waals surface area contributed by atoms with Gasteiger partial charge in [0.05, 0.1) is 18.5 Å². The number of nitrogens with zero attached hydrogens (tertiary/aromatic N) is 3. The van der Waals surface area contributed by atoms with Crippen molar-refractivity contribution in [1.82, 2.24) is 14.5 Å². The van der Waals surface area contributed by atoms with E-state index in [9.17, 15) is 12.8 Å². The van der Waals surface area contributed by atoms with Crippen LogP contribution in [0.4, 0.5) is 4.39 Å². The number of hydrogen-bond donors (Lipinski definition) is 1. The van der Waals surface area contributed by atoms with Gasteiger partial charge in [0, 0.05) is 39.8 Å². The lowest BCUT2D eigenvalue weighted by atomic mass is 10.2. The molecule has 1 saturated heterocycles. The lowest BCUT2D eigenvalue weighted by Gasteiger charge is -2.35.